The first-order chi connectivity index (χ1) is 8.33. The highest BCUT2D eigenvalue weighted by Gasteiger charge is 2.32. The van der Waals surface area contributed by atoms with Crippen LogP contribution in [0.25, 0.3) is 0 Å². The van der Waals surface area contributed by atoms with Gasteiger partial charge in [-0.15, -0.1) is 0 Å². The maximum atomic E-state index is 11.9. The zero-order chi connectivity index (χ0) is 13.8. The fourth-order valence-electron chi connectivity index (χ4n) is 1.81. The summed E-state index contributed by atoms with van der Waals surface area (Å²) in [5, 5.41) is 1.78. The molecule has 0 aromatic rings. The molecule has 1 aliphatic rings. The van der Waals surface area contributed by atoms with E-state index >= 15 is 0 Å². The van der Waals surface area contributed by atoms with E-state index in [1.54, 1.807) is 5.32 Å². The van der Waals surface area contributed by atoms with Crippen molar-refractivity contribution in [1.82, 2.24) is 10.2 Å². The molecule has 0 radical (unpaired) electrons. The summed E-state index contributed by atoms with van der Waals surface area (Å²) >= 11 is 0. The van der Waals surface area contributed by atoms with E-state index < -0.39 is 30.6 Å². The molecule has 1 unspecified atom stereocenters. The summed E-state index contributed by atoms with van der Waals surface area (Å²) in [5.74, 6) is -0.899. The highest BCUT2D eigenvalue weighted by atomic mass is 19.4. The Morgan fingerprint density at radius 3 is 2.67 bits per heavy atom. The minimum absolute atomic E-state index is 0.0936. The minimum Gasteiger partial charge on any atom is -0.469 e. The highest BCUT2D eigenvalue weighted by Crippen LogP contribution is 2.18. The summed E-state index contributed by atoms with van der Waals surface area (Å²) in [5.41, 5.74) is 0. The number of piperidine rings is 1. The van der Waals surface area contributed by atoms with Crippen molar-refractivity contribution >= 4 is 12.0 Å². The van der Waals surface area contributed by atoms with Crippen molar-refractivity contribution in [1.29, 1.82) is 0 Å². The lowest BCUT2D eigenvalue weighted by atomic mass is 9.98. The molecule has 1 aliphatic heterocycles. The van der Waals surface area contributed by atoms with Gasteiger partial charge in [0, 0.05) is 13.1 Å². The first-order valence-corrected chi connectivity index (χ1v) is 5.51. The van der Waals surface area contributed by atoms with E-state index in [4.69, 9.17) is 0 Å². The van der Waals surface area contributed by atoms with Crippen molar-refractivity contribution in [3.63, 3.8) is 0 Å². The molecule has 1 rings (SSSR count). The lowest BCUT2D eigenvalue weighted by Crippen LogP contribution is -2.49. The lowest BCUT2D eigenvalue weighted by molar-refractivity contribution is -0.147. The van der Waals surface area contributed by atoms with Crippen LogP contribution in [0.4, 0.5) is 18.0 Å². The van der Waals surface area contributed by atoms with Crippen molar-refractivity contribution in [2.45, 2.75) is 19.0 Å². The van der Waals surface area contributed by atoms with Gasteiger partial charge >= 0.3 is 18.2 Å². The molecule has 1 saturated heterocycles. The molecule has 104 valence electrons. The molecule has 1 fully saturated rings. The van der Waals surface area contributed by atoms with Crippen LogP contribution < -0.4 is 5.32 Å². The van der Waals surface area contributed by atoms with Crippen LogP contribution in [0.2, 0.25) is 0 Å². The molecule has 0 aliphatic carbocycles. The first-order valence-electron chi connectivity index (χ1n) is 5.51. The van der Waals surface area contributed by atoms with E-state index in [0.29, 0.717) is 19.4 Å². The van der Waals surface area contributed by atoms with Crippen LogP contribution in [-0.4, -0.2) is 49.8 Å². The van der Waals surface area contributed by atoms with Gasteiger partial charge in [-0.05, 0) is 12.8 Å². The van der Waals surface area contributed by atoms with Crippen LogP contribution in [0.15, 0.2) is 0 Å². The summed E-state index contributed by atoms with van der Waals surface area (Å²) in [6.45, 7) is -0.932. The van der Waals surface area contributed by atoms with Gasteiger partial charge in [-0.3, -0.25) is 4.79 Å². The number of urea groups is 1. The van der Waals surface area contributed by atoms with Crippen LogP contribution in [0.3, 0.4) is 0 Å². The molecule has 0 aromatic heterocycles. The molecular formula is C10H15F3N2O3. The van der Waals surface area contributed by atoms with E-state index in [2.05, 4.69) is 4.74 Å². The fraction of sp³-hybridized carbons (Fsp3) is 0.800. The topological polar surface area (TPSA) is 58.6 Å². The number of methoxy groups -OCH3 is 1. The highest BCUT2D eigenvalue weighted by molar-refractivity contribution is 5.77. The second-order valence-electron chi connectivity index (χ2n) is 4.08. The molecular weight excluding hydrogens is 253 g/mol. The molecule has 0 saturated carbocycles. The van der Waals surface area contributed by atoms with E-state index in [-0.39, 0.29) is 6.54 Å². The Morgan fingerprint density at radius 1 is 1.44 bits per heavy atom. The summed E-state index contributed by atoms with van der Waals surface area (Å²) < 4.78 is 40.4. The fourth-order valence-corrected chi connectivity index (χ4v) is 1.81. The average molecular weight is 268 g/mol. The Morgan fingerprint density at radius 2 is 2.11 bits per heavy atom. The number of carbonyl (C=O) groups excluding carboxylic acids is 2. The largest absolute Gasteiger partial charge is 0.469 e. The molecule has 2 amide bonds. The molecule has 0 aromatic carbocycles. The van der Waals surface area contributed by atoms with Gasteiger partial charge in [0.05, 0.1) is 13.0 Å². The standard InChI is InChI=1S/C10H15F3N2O3/c1-18-8(16)7-3-2-4-15(5-7)9(17)14-6-10(11,12)13/h7H,2-6H2,1H3,(H,14,17). The first kappa shape index (κ1) is 14.6. The molecule has 1 N–H and O–H groups in total. The van der Waals surface area contributed by atoms with Gasteiger partial charge in [0.25, 0.3) is 0 Å². The van der Waals surface area contributed by atoms with Crippen LogP contribution >= 0.6 is 0 Å². The number of rotatable bonds is 2. The number of halogens is 3. The maximum absolute atomic E-state index is 11.9. The van der Waals surface area contributed by atoms with Gasteiger partial charge in [-0.25, -0.2) is 4.79 Å². The smallest absolute Gasteiger partial charge is 0.405 e. The Labute approximate surface area is 102 Å². The normalized spacial score (nSPS) is 20.4. The number of esters is 1. The molecule has 0 bridgehead atoms. The monoisotopic (exact) mass is 268 g/mol. The average Bonchev–Trinajstić information content (AvgIpc) is 2.34. The van der Waals surface area contributed by atoms with Gasteiger partial charge in [-0.1, -0.05) is 0 Å². The second kappa shape index (κ2) is 5.92. The SMILES string of the molecule is COC(=O)C1CCCN(C(=O)NCC(F)(F)F)C1. The molecule has 18 heavy (non-hydrogen) atoms. The van der Waals surface area contributed by atoms with Crippen molar-refractivity contribution < 1.29 is 27.5 Å². The number of hydrogen-bond acceptors (Lipinski definition) is 3. The molecule has 0 spiro atoms. The number of amides is 2. The lowest BCUT2D eigenvalue weighted by Gasteiger charge is -2.31. The number of ether oxygens (including phenoxy) is 1. The summed E-state index contributed by atoms with van der Waals surface area (Å²) in [6, 6.07) is -0.805. The van der Waals surface area contributed by atoms with E-state index in [1.807, 2.05) is 0 Å². The second-order valence-corrected chi connectivity index (χ2v) is 4.08. The molecule has 8 heteroatoms. The minimum atomic E-state index is -4.44. The third kappa shape index (κ3) is 4.42. The Balaban J connectivity index is 2.46. The molecule has 5 nitrogen and oxygen atoms in total. The van der Waals surface area contributed by atoms with Crippen LogP contribution in [0.1, 0.15) is 12.8 Å². The third-order valence-corrected chi connectivity index (χ3v) is 2.68. The van der Waals surface area contributed by atoms with Crippen LogP contribution in [-0.2, 0) is 9.53 Å². The Bertz CT molecular complexity index is 320. The van der Waals surface area contributed by atoms with Gasteiger partial charge in [0.2, 0.25) is 0 Å². The zero-order valence-electron chi connectivity index (χ0n) is 9.92. The number of nitrogens with one attached hydrogen (secondary N) is 1. The van der Waals surface area contributed by atoms with Gasteiger partial charge < -0.3 is 15.0 Å². The Kier molecular flexibility index (Phi) is 4.80. The van der Waals surface area contributed by atoms with Crippen molar-refractivity contribution in [2.24, 2.45) is 5.92 Å². The van der Waals surface area contributed by atoms with Crippen molar-refractivity contribution in [3.05, 3.63) is 0 Å². The van der Waals surface area contributed by atoms with Gasteiger partial charge in [0.15, 0.2) is 0 Å². The van der Waals surface area contributed by atoms with Gasteiger partial charge in [-0.2, -0.15) is 13.2 Å². The number of likely N-dealkylation sites (tertiary alicyclic amines) is 1. The van der Waals surface area contributed by atoms with Crippen LogP contribution in [0.5, 0.6) is 0 Å². The van der Waals surface area contributed by atoms with E-state index in [1.165, 1.54) is 12.0 Å². The predicted octanol–water partition coefficient (Wildman–Crippen LogP) is 1.14. The van der Waals surface area contributed by atoms with Crippen LogP contribution in [0, 0.1) is 5.92 Å². The van der Waals surface area contributed by atoms with Crippen molar-refractivity contribution in [2.75, 3.05) is 26.7 Å². The van der Waals surface area contributed by atoms with Gasteiger partial charge in [0.1, 0.15) is 6.54 Å². The summed E-state index contributed by atoms with van der Waals surface area (Å²) in [4.78, 5) is 24.0. The zero-order valence-corrected chi connectivity index (χ0v) is 9.92. The van der Waals surface area contributed by atoms with E-state index in [0.717, 1.165) is 0 Å². The third-order valence-electron chi connectivity index (χ3n) is 2.68. The van der Waals surface area contributed by atoms with Crippen molar-refractivity contribution in [3.8, 4) is 0 Å². The summed E-state index contributed by atoms with van der Waals surface area (Å²) in [7, 11) is 1.24. The molecule has 1 atom stereocenters. The quantitative estimate of drug-likeness (QED) is 0.764. The number of nitrogens with zero attached hydrogens (tertiary/aromatic N) is 1. The number of hydrogen-bond donors (Lipinski definition) is 1. The Hall–Kier alpha value is -1.47. The summed E-state index contributed by atoms with van der Waals surface area (Å²) in [6.07, 6.45) is -3.29. The van der Waals surface area contributed by atoms with E-state index in [9.17, 15) is 22.8 Å². The number of alkyl halides is 3. The number of carbonyl (C=O) groups is 2. The maximum Gasteiger partial charge on any atom is 0.405 e. The predicted molar refractivity (Wildman–Crippen MR) is 55.8 cm³/mol. The molecule has 1 heterocycles.